The quantitative estimate of drug-likeness (QED) is 0.626. The molecule has 1 aromatic rings. The highest BCUT2D eigenvalue weighted by Gasteiger charge is 1.97. The minimum absolute atomic E-state index is 0.745. The molecule has 0 radical (unpaired) electrons. The van der Waals surface area contributed by atoms with Crippen LogP contribution in [-0.4, -0.2) is 10.2 Å². The molecule has 0 saturated heterocycles. The van der Waals surface area contributed by atoms with E-state index in [1.165, 1.54) is 0 Å². The van der Waals surface area contributed by atoms with E-state index in [0.29, 0.717) is 0 Å². The molecule has 0 aliphatic carbocycles. The molecule has 3 nitrogen and oxygen atoms in total. The topological polar surface area (TPSA) is 51.8 Å². The fourth-order valence-electron chi connectivity index (χ4n) is 0.809. The van der Waals surface area contributed by atoms with E-state index < -0.39 is 0 Å². The monoisotopic (exact) mass is 137 g/mol. The average molecular weight is 137 g/mol. The molecule has 1 rings (SSSR count). The maximum absolute atomic E-state index is 5.63. The van der Waals surface area contributed by atoms with Crippen molar-refractivity contribution in [3.8, 4) is 0 Å². The fraction of sp³-hybridized carbons (Fsp3) is 0.429. The predicted molar refractivity (Wildman–Crippen MR) is 40.6 cm³/mol. The number of aromatic nitrogens is 2. The van der Waals surface area contributed by atoms with Crippen molar-refractivity contribution >= 4 is 5.69 Å². The summed E-state index contributed by atoms with van der Waals surface area (Å²) in [7, 11) is 0. The molecular formula is C7H11N3. The van der Waals surface area contributed by atoms with Crippen molar-refractivity contribution in [3.63, 3.8) is 0 Å². The molecule has 1 aromatic heterocycles. The Hall–Kier alpha value is -1.12. The van der Waals surface area contributed by atoms with Gasteiger partial charge in [-0.15, -0.1) is 0 Å². The van der Waals surface area contributed by atoms with Gasteiger partial charge in [0.15, 0.2) is 0 Å². The molecule has 0 aromatic carbocycles. The summed E-state index contributed by atoms with van der Waals surface area (Å²) in [5, 5.41) is 7.80. The molecule has 3 heteroatoms. The molecule has 0 amide bonds. The predicted octanol–water partition coefficient (Wildman–Crippen LogP) is 0.930. The Morgan fingerprint density at radius 1 is 1.50 bits per heavy atom. The normalized spacial score (nSPS) is 9.80. The zero-order valence-electron chi connectivity index (χ0n) is 6.26. The van der Waals surface area contributed by atoms with E-state index in [4.69, 9.17) is 5.73 Å². The van der Waals surface area contributed by atoms with Gasteiger partial charge in [-0.3, -0.25) is 0 Å². The van der Waals surface area contributed by atoms with E-state index in [1.807, 2.05) is 19.9 Å². The van der Waals surface area contributed by atoms with Crippen LogP contribution in [-0.2, 0) is 6.42 Å². The maximum atomic E-state index is 5.63. The van der Waals surface area contributed by atoms with E-state index in [2.05, 4.69) is 10.2 Å². The molecule has 0 aliphatic heterocycles. The number of aryl methyl sites for hydroxylation is 2. The molecule has 1 heterocycles. The van der Waals surface area contributed by atoms with Gasteiger partial charge in [0.05, 0.1) is 17.1 Å². The highest BCUT2D eigenvalue weighted by Crippen LogP contribution is 2.07. The summed E-state index contributed by atoms with van der Waals surface area (Å²) >= 11 is 0. The Labute approximate surface area is 60.3 Å². The van der Waals surface area contributed by atoms with E-state index in [-0.39, 0.29) is 0 Å². The zero-order chi connectivity index (χ0) is 7.56. The van der Waals surface area contributed by atoms with Crippen LogP contribution in [0.4, 0.5) is 5.69 Å². The van der Waals surface area contributed by atoms with Gasteiger partial charge in [-0.05, 0) is 19.4 Å². The average Bonchev–Trinajstić information content (AvgIpc) is 1.88. The molecular weight excluding hydrogens is 126 g/mol. The Morgan fingerprint density at radius 3 is 2.70 bits per heavy atom. The summed E-state index contributed by atoms with van der Waals surface area (Å²) in [5.74, 6) is 0. The fourth-order valence-corrected chi connectivity index (χ4v) is 0.809. The van der Waals surface area contributed by atoms with Gasteiger partial charge in [0.25, 0.3) is 0 Å². The van der Waals surface area contributed by atoms with Gasteiger partial charge in [0, 0.05) is 0 Å². The van der Waals surface area contributed by atoms with Crippen LogP contribution < -0.4 is 5.73 Å². The van der Waals surface area contributed by atoms with Crippen molar-refractivity contribution in [1.29, 1.82) is 0 Å². The van der Waals surface area contributed by atoms with Gasteiger partial charge in [0.1, 0.15) is 0 Å². The summed E-state index contributed by atoms with van der Waals surface area (Å²) in [6, 6.07) is 1.84. The molecule has 10 heavy (non-hydrogen) atoms. The first-order chi connectivity index (χ1) is 4.74. The Morgan fingerprint density at radius 2 is 2.20 bits per heavy atom. The van der Waals surface area contributed by atoms with E-state index in [9.17, 15) is 0 Å². The van der Waals surface area contributed by atoms with Gasteiger partial charge >= 0.3 is 0 Å². The summed E-state index contributed by atoms with van der Waals surface area (Å²) in [6.07, 6.45) is 0.846. The minimum atomic E-state index is 0.745. The molecule has 2 N–H and O–H groups in total. The third kappa shape index (κ3) is 1.23. The first-order valence-corrected chi connectivity index (χ1v) is 3.32. The third-order valence-electron chi connectivity index (χ3n) is 1.36. The van der Waals surface area contributed by atoms with Crippen molar-refractivity contribution in [3.05, 3.63) is 17.5 Å². The van der Waals surface area contributed by atoms with Crippen LogP contribution in [0.2, 0.25) is 0 Å². The Bertz CT molecular complexity index is 232. The van der Waals surface area contributed by atoms with Crippen LogP contribution in [0.25, 0.3) is 0 Å². The van der Waals surface area contributed by atoms with Gasteiger partial charge < -0.3 is 5.73 Å². The van der Waals surface area contributed by atoms with Gasteiger partial charge in [0.2, 0.25) is 0 Å². The van der Waals surface area contributed by atoms with Crippen molar-refractivity contribution in [1.82, 2.24) is 10.2 Å². The van der Waals surface area contributed by atoms with Gasteiger partial charge in [-0.2, -0.15) is 10.2 Å². The molecule has 0 atom stereocenters. The zero-order valence-corrected chi connectivity index (χ0v) is 6.26. The number of nitrogens with two attached hydrogens (primary N) is 1. The number of anilines is 1. The first-order valence-electron chi connectivity index (χ1n) is 3.32. The number of hydrogen-bond acceptors (Lipinski definition) is 3. The second-order valence-electron chi connectivity index (χ2n) is 2.24. The minimum Gasteiger partial charge on any atom is -0.397 e. The molecule has 0 spiro atoms. The smallest absolute Gasteiger partial charge is 0.0857 e. The van der Waals surface area contributed by atoms with Crippen LogP contribution >= 0.6 is 0 Å². The van der Waals surface area contributed by atoms with Crippen molar-refractivity contribution in [2.24, 2.45) is 0 Å². The molecule has 0 bridgehead atoms. The largest absolute Gasteiger partial charge is 0.397 e. The van der Waals surface area contributed by atoms with Gasteiger partial charge in [-0.25, -0.2) is 0 Å². The molecule has 0 fully saturated rings. The van der Waals surface area contributed by atoms with E-state index in [0.717, 1.165) is 23.5 Å². The molecule has 0 unspecified atom stereocenters. The summed E-state index contributed by atoms with van der Waals surface area (Å²) in [4.78, 5) is 0. The van der Waals surface area contributed by atoms with Crippen LogP contribution in [0.1, 0.15) is 18.3 Å². The first kappa shape index (κ1) is 6.99. The second-order valence-corrected chi connectivity index (χ2v) is 2.24. The number of nitrogens with zero attached hydrogens (tertiary/aromatic N) is 2. The van der Waals surface area contributed by atoms with E-state index >= 15 is 0 Å². The lowest BCUT2D eigenvalue weighted by atomic mass is 10.2. The standard InChI is InChI=1S/C7H11N3/c1-3-7-6(8)4-5(2)9-10-7/h4H,3H2,1-2H3,(H2,8,9). The number of rotatable bonds is 1. The van der Waals surface area contributed by atoms with Crippen LogP contribution in [0.3, 0.4) is 0 Å². The lowest BCUT2D eigenvalue weighted by molar-refractivity contribution is 0.898. The third-order valence-corrected chi connectivity index (χ3v) is 1.36. The second kappa shape index (κ2) is 2.64. The highest BCUT2D eigenvalue weighted by atomic mass is 15.1. The SMILES string of the molecule is CCc1nnc(C)cc1N. The lowest BCUT2D eigenvalue weighted by Gasteiger charge is -1.99. The van der Waals surface area contributed by atoms with E-state index in [1.54, 1.807) is 0 Å². The van der Waals surface area contributed by atoms with Crippen molar-refractivity contribution in [2.75, 3.05) is 5.73 Å². The number of nitrogen functional groups attached to an aromatic ring is 1. The van der Waals surface area contributed by atoms with Crippen LogP contribution in [0, 0.1) is 6.92 Å². The van der Waals surface area contributed by atoms with Gasteiger partial charge in [-0.1, -0.05) is 6.92 Å². The van der Waals surface area contributed by atoms with Crippen molar-refractivity contribution < 1.29 is 0 Å². The molecule has 0 saturated carbocycles. The maximum Gasteiger partial charge on any atom is 0.0857 e. The molecule has 54 valence electrons. The summed E-state index contributed by atoms with van der Waals surface area (Å²) in [6.45, 7) is 3.89. The lowest BCUT2D eigenvalue weighted by Crippen LogP contribution is -1.99. The van der Waals surface area contributed by atoms with Crippen LogP contribution in [0.5, 0.6) is 0 Å². The summed E-state index contributed by atoms with van der Waals surface area (Å²) in [5.41, 5.74) is 8.13. The highest BCUT2D eigenvalue weighted by molar-refractivity contribution is 5.42. The van der Waals surface area contributed by atoms with Crippen molar-refractivity contribution in [2.45, 2.75) is 20.3 Å². The molecule has 0 aliphatic rings. The van der Waals surface area contributed by atoms with Crippen LogP contribution in [0.15, 0.2) is 6.07 Å². The Balaban J connectivity index is 3.07. The summed E-state index contributed by atoms with van der Waals surface area (Å²) < 4.78 is 0. The Kier molecular flexibility index (Phi) is 1.85. The number of hydrogen-bond donors (Lipinski definition) is 1.